The molecular weight excluding hydrogens is 508 g/mol. The van der Waals surface area contributed by atoms with Crippen molar-refractivity contribution in [3.8, 4) is 0 Å². The second-order valence-corrected chi connectivity index (χ2v) is 12.3. The van der Waals surface area contributed by atoms with Crippen molar-refractivity contribution in [1.29, 1.82) is 0 Å². The molecule has 2 saturated carbocycles. The molecule has 224 valence electrons. The van der Waals surface area contributed by atoms with Crippen LogP contribution in [-0.4, -0.2) is 90.3 Å². The van der Waals surface area contributed by atoms with Crippen LogP contribution in [0.4, 0.5) is 0 Å². The topological polar surface area (TPSA) is 123 Å². The van der Waals surface area contributed by atoms with E-state index in [0.717, 1.165) is 64.2 Å². The molecule has 0 aromatic heterocycles. The molecule has 4 aliphatic rings. The largest absolute Gasteiger partial charge is 0.343 e. The standard InChI is InChI=1S/C30H50N6O4/c1-19(31-3)27(37)33-25(21-11-7-5-8-12-21)29(39)35-17-15-24-23(35)16-18-36(24)30(40)26(22-13-9-6-10-14-22)34-28(38)20(2)32-4/h15,17,19-26,31-32H,5-14,16,18H2,1-4H3,(H,33,37)(H,34,38). The fraction of sp³-hybridized carbons (Fsp3) is 0.800. The van der Waals surface area contributed by atoms with Gasteiger partial charge in [-0.05, 0) is 78.0 Å². The summed E-state index contributed by atoms with van der Waals surface area (Å²) < 4.78 is 0. The van der Waals surface area contributed by atoms with Crippen LogP contribution in [0.2, 0.25) is 0 Å². The summed E-state index contributed by atoms with van der Waals surface area (Å²) in [4.78, 5) is 57.4. The van der Waals surface area contributed by atoms with Crippen LogP contribution in [0, 0.1) is 11.8 Å². The first-order chi connectivity index (χ1) is 19.3. The van der Waals surface area contributed by atoms with E-state index in [9.17, 15) is 19.2 Å². The van der Waals surface area contributed by atoms with Crippen LogP contribution in [0.1, 0.15) is 84.5 Å². The Kier molecular flexibility index (Phi) is 10.6. The lowest BCUT2D eigenvalue weighted by atomic mass is 9.83. The quantitative estimate of drug-likeness (QED) is 0.324. The minimum atomic E-state index is -0.575. The maximum Gasteiger partial charge on any atom is 0.249 e. The van der Waals surface area contributed by atoms with Crippen LogP contribution >= 0.6 is 0 Å². The predicted octanol–water partition coefficient (Wildman–Crippen LogP) is 1.66. The number of carbonyl (C=O) groups is 4. The Labute approximate surface area is 239 Å². The SMILES string of the molecule is CNC(C)C(=O)NC(C(=O)N1C=CC2C1CCN2C(=O)C(NC(=O)C(C)NC)C1CCCCC1)C1CCCCC1. The van der Waals surface area contributed by atoms with Crippen LogP contribution in [0.25, 0.3) is 0 Å². The maximum atomic E-state index is 14.0. The van der Waals surface area contributed by atoms with Crippen LogP contribution < -0.4 is 21.3 Å². The first-order valence-electron chi connectivity index (χ1n) is 15.5. The third-order valence-corrected chi connectivity index (χ3v) is 9.78. The smallest absolute Gasteiger partial charge is 0.249 e. The lowest BCUT2D eigenvalue weighted by molar-refractivity contribution is -0.140. The van der Waals surface area contributed by atoms with Gasteiger partial charge in [0.2, 0.25) is 23.6 Å². The predicted molar refractivity (Wildman–Crippen MR) is 154 cm³/mol. The average Bonchev–Trinajstić information content (AvgIpc) is 3.60. The molecular formula is C30H50N6O4. The van der Waals surface area contributed by atoms with Crippen LogP contribution in [-0.2, 0) is 19.2 Å². The van der Waals surface area contributed by atoms with Crippen molar-refractivity contribution in [3.63, 3.8) is 0 Å². The van der Waals surface area contributed by atoms with E-state index in [2.05, 4.69) is 21.3 Å². The third kappa shape index (κ3) is 6.70. The Morgan fingerprint density at radius 1 is 0.700 bits per heavy atom. The summed E-state index contributed by atoms with van der Waals surface area (Å²) in [5.41, 5.74) is 0. The fourth-order valence-corrected chi connectivity index (χ4v) is 6.98. The first-order valence-corrected chi connectivity index (χ1v) is 15.5. The minimum absolute atomic E-state index is 0.0463. The van der Waals surface area contributed by atoms with Gasteiger partial charge in [-0.1, -0.05) is 38.5 Å². The summed E-state index contributed by atoms with van der Waals surface area (Å²) in [7, 11) is 3.48. The highest BCUT2D eigenvalue weighted by molar-refractivity contribution is 5.92. The molecule has 0 aromatic carbocycles. The zero-order chi connectivity index (χ0) is 28.8. The van der Waals surface area contributed by atoms with Gasteiger partial charge >= 0.3 is 0 Å². The van der Waals surface area contributed by atoms with Gasteiger partial charge in [0.15, 0.2) is 0 Å². The molecule has 0 radical (unpaired) electrons. The number of amides is 4. The number of nitrogens with one attached hydrogen (secondary N) is 4. The molecule has 4 amide bonds. The molecule has 0 bridgehead atoms. The van der Waals surface area contributed by atoms with Gasteiger partial charge in [-0.25, -0.2) is 0 Å². The van der Waals surface area contributed by atoms with Crippen molar-refractivity contribution in [2.24, 2.45) is 11.8 Å². The second-order valence-electron chi connectivity index (χ2n) is 12.3. The fourth-order valence-electron chi connectivity index (χ4n) is 6.98. The molecule has 0 spiro atoms. The Morgan fingerprint density at radius 2 is 1.18 bits per heavy atom. The molecule has 40 heavy (non-hydrogen) atoms. The molecule has 1 saturated heterocycles. The molecule has 0 aromatic rings. The van der Waals surface area contributed by atoms with E-state index in [0.29, 0.717) is 13.0 Å². The molecule has 2 heterocycles. The van der Waals surface area contributed by atoms with Gasteiger partial charge in [-0.15, -0.1) is 0 Å². The molecule has 10 nitrogen and oxygen atoms in total. The van der Waals surface area contributed by atoms with Gasteiger partial charge in [0.1, 0.15) is 12.1 Å². The van der Waals surface area contributed by atoms with Crippen LogP contribution in [0.3, 0.4) is 0 Å². The highest BCUT2D eigenvalue weighted by Crippen LogP contribution is 2.35. The van der Waals surface area contributed by atoms with Crippen LogP contribution in [0.5, 0.6) is 0 Å². The van der Waals surface area contributed by atoms with E-state index >= 15 is 0 Å². The van der Waals surface area contributed by atoms with Gasteiger partial charge in [0, 0.05) is 12.7 Å². The van der Waals surface area contributed by atoms with Gasteiger partial charge < -0.3 is 31.1 Å². The number of likely N-dealkylation sites (N-methyl/N-ethyl adjacent to an activating group) is 2. The molecule has 6 atom stereocenters. The third-order valence-electron chi connectivity index (χ3n) is 9.78. The number of hydrogen-bond acceptors (Lipinski definition) is 6. The van der Waals surface area contributed by atoms with E-state index in [1.807, 2.05) is 17.2 Å². The summed E-state index contributed by atoms with van der Waals surface area (Å²) >= 11 is 0. The summed E-state index contributed by atoms with van der Waals surface area (Å²) in [5, 5.41) is 12.1. The normalized spacial score (nSPS) is 26.6. The Morgan fingerprint density at radius 3 is 1.65 bits per heavy atom. The highest BCUT2D eigenvalue weighted by Gasteiger charge is 2.48. The number of rotatable bonds is 10. The number of hydrogen-bond donors (Lipinski definition) is 4. The first kappa shape index (κ1) is 30.5. The Balaban J connectivity index is 1.49. The molecule has 4 N–H and O–H groups in total. The van der Waals surface area contributed by atoms with Gasteiger partial charge in [0.05, 0.1) is 24.2 Å². The lowest BCUT2D eigenvalue weighted by Crippen LogP contribution is -2.58. The van der Waals surface area contributed by atoms with E-state index < -0.39 is 18.1 Å². The number of likely N-dealkylation sites (tertiary alicyclic amines) is 1. The molecule has 6 unspecified atom stereocenters. The van der Waals surface area contributed by atoms with Gasteiger partial charge in [-0.2, -0.15) is 0 Å². The molecule has 2 aliphatic heterocycles. The molecule has 4 rings (SSSR count). The lowest BCUT2D eigenvalue weighted by Gasteiger charge is -2.36. The summed E-state index contributed by atoms with van der Waals surface area (Å²) in [6, 6.07) is -2.28. The van der Waals surface area contributed by atoms with E-state index in [1.165, 1.54) is 0 Å². The van der Waals surface area contributed by atoms with Crippen molar-refractivity contribution in [2.75, 3.05) is 20.6 Å². The number of fused-ring (bicyclic) bond motifs is 1. The second kappa shape index (κ2) is 13.9. The Hall–Kier alpha value is -2.46. The van der Waals surface area contributed by atoms with Crippen molar-refractivity contribution in [3.05, 3.63) is 12.3 Å². The zero-order valence-corrected chi connectivity index (χ0v) is 24.8. The molecule has 10 heteroatoms. The maximum absolute atomic E-state index is 14.0. The van der Waals surface area contributed by atoms with Crippen LogP contribution in [0.15, 0.2) is 12.3 Å². The van der Waals surface area contributed by atoms with Gasteiger partial charge in [0.25, 0.3) is 0 Å². The average molecular weight is 559 g/mol. The zero-order valence-electron chi connectivity index (χ0n) is 24.8. The van der Waals surface area contributed by atoms with E-state index in [-0.39, 0.29) is 53.6 Å². The summed E-state index contributed by atoms with van der Waals surface area (Å²) in [6.45, 7) is 4.13. The van der Waals surface area contributed by atoms with E-state index in [4.69, 9.17) is 0 Å². The molecule has 3 fully saturated rings. The number of carbonyl (C=O) groups excluding carboxylic acids is 4. The molecule has 2 aliphatic carbocycles. The Bertz CT molecular complexity index is 944. The van der Waals surface area contributed by atoms with E-state index in [1.54, 1.807) is 32.8 Å². The van der Waals surface area contributed by atoms with Crippen molar-refractivity contribution in [1.82, 2.24) is 31.1 Å². The summed E-state index contributed by atoms with van der Waals surface area (Å²) in [6.07, 6.45) is 14.8. The van der Waals surface area contributed by atoms with Crippen molar-refractivity contribution >= 4 is 23.6 Å². The van der Waals surface area contributed by atoms with Crippen molar-refractivity contribution in [2.45, 2.75) is 121 Å². The highest BCUT2D eigenvalue weighted by atomic mass is 16.2. The monoisotopic (exact) mass is 558 g/mol. The minimum Gasteiger partial charge on any atom is -0.343 e. The van der Waals surface area contributed by atoms with Gasteiger partial charge in [-0.3, -0.25) is 19.2 Å². The van der Waals surface area contributed by atoms with Crippen molar-refractivity contribution < 1.29 is 19.2 Å². The number of nitrogens with zero attached hydrogens (tertiary/aromatic N) is 2. The summed E-state index contributed by atoms with van der Waals surface area (Å²) in [5.74, 6) is -0.229.